The van der Waals surface area contributed by atoms with Crippen LogP contribution < -0.4 is 20.1 Å². The van der Waals surface area contributed by atoms with Crippen LogP contribution in [-0.4, -0.2) is 52.3 Å². The van der Waals surface area contributed by atoms with E-state index < -0.39 is 11.2 Å². The molecule has 12 heteroatoms. The first-order chi connectivity index (χ1) is 27.1. The van der Waals surface area contributed by atoms with E-state index in [4.69, 9.17) is 9.47 Å². The lowest BCUT2D eigenvalue weighted by Crippen LogP contribution is -2.48. The number of hydrogen-bond acceptors (Lipinski definition) is 8. The van der Waals surface area contributed by atoms with E-state index in [0.717, 1.165) is 61.6 Å². The summed E-state index contributed by atoms with van der Waals surface area (Å²) in [5.74, 6) is 1.63. The fourth-order valence-corrected chi connectivity index (χ4v) is 7.44. The van der Waals surface area contributed by atoms with Crippen LogP contribution >= 0.6 is 0 Å². The highest BCUT2D eigenvalue weighted by atomic mass is 16.5. The Hall–Kier alpha value is -6.56. The summed E-state index contributed by atoms with van der Waals surface area (Å²) in [4.78, 5) is 34.1. The van der Waals surface area contributed by atoms with Crippen LogP contribution in [0.2, 0.25) is 0 Å². The summed E-state index contributed by atoms with van der Waals surface area (Å²) in [5.41, 5.74) is 8.17. The number of carbonyl (C=O) groups is 2. The summed E-state index contributed by atoms with van der Waals surface area (Å²) in [5, 5.41) is 26.6. The van der Waals surface area contributed by atoms with Crippen molar-refractivity contribution < 1.29 is 29.3 Å². The van der Waals surface area contributed by atoms with Gasteiger partial charge in [0.15, 0.2) is 11.2 Å². The largest absolute Gasteiger partial charge is 0.507 e. The Balaban J connectivity index is 0.000000174. The van der Waals surface area contributed by atoms with Gasteiger partial charge in [-0.2, -0.15) is 0 Å². The van der Waals surface area contributed by atoms with Gasteiger partial charge in [0.1, 0.15) is 23.0 Å². The minimum Gasteiger partial charge on any atom is -0.507 e. The van der Waals surface area contributed by atoms with Gasteiger partial charge in [-0.1, -0.05) is 0 Å². The Kier molecular flexibility index (Phi) is 10.1. The highest BCUT2D eigenvalue weighted by Crippen LogP contribution is 2.46. The van der Waals surface area contributed by atoms with Crippen LogP contribution in [0, 0.1) is 41.5 Å². The normalized spacial score (nSPS) is 18.0. The van der Waals surface area contributed by atoms with Crippen molar-refractivity contribution in [1.29, 1.82) is 0 Å². The first kappa shape index (κ1) is 38.7. The first-order valence-electron chi connectivity index (χ1n) is 18.9. The number of nitrogens with zero attached hydrogens (tertiary/aromatic N) is 4. The lowest BCUT2D eigenvalue weighted by Gasteiger charge is -2.36. The molecule has 2 aromatic heterocycles. The van der Waals surface area contributed by atoms with Crippen molar-refractivity contribution in [3.05, 3.63) is 130 Å². The maximum atomic E-state index is 13.1. The molecule has 0 saturated carbocycles. The number of ether oxygens (including phenoxy) is 2. The molecule has 2 unspecified atom stereocenters. The van der Waals surface area contributed by atoms with E-state index in [1.165, 1.54) is 0 Å². The predicted molar refractivity (Wildman–Crippen MR) is 219 cm³/mol. The van der Waals surface area contributed by atoms with E-state index in [9.17, 15) is 19.8 Å². The van der Waals surface area contributed by atoms with Gasteiger partial charge in [-0.3, -0.25) is 9.59 Å². The van der Waals surface area contributed by atoms with Crippen LogP contribution in [0.15, 0.2) is 86.0 Å². The van der Waals surface area contributed by atoms with E-state index in [0.29, 0.717) is 42.1 Å². The van der Waals surface area contributed by atoms with E-state index >= 15 is 0 Å². The zero-order valence-electron chi connectivity index (χ0n) is 33.5. The molecule has 0 bridgehead atoms. The summed E-state index contributed by atoms with van der Waals surface area (Å²) >= 11 is 0. The zero-order chi connectivity index (χ0) is 40.8. The number of hydrogen-bond donors (Lipinski definition) is 4. The standard InChI is InChI=1S/C23H25N3O3.C22H23N3O3/c1-14-15(2)21-19(16(3)20(14)27)9-10-23(4,29-21)22(28)25-17-5-7-18(8-6-17)26-12-11-24-13-26;1-13-14(2)20-18(15(3)19(13)26)11-22(4,28-20)21(27)24-16-5-7-17(8-6-16)25-10-9-23-12-25/h5-8,11-13,27H,9-10H2,1-4H3,(H,25,28);5-10,12,26H,11H2,1-4H3,(H,24,27). The summed E-state index contributed by atoms with van der Waals surface area (Å²) < 4.78 is 16.2. The van der Waals surface area contributed by atoms with Gasteiger partial charge < -0.3 is 39.5 Å². The third-order valence-corrected chi connectivity index (χ3v) is 11.5. The molecule has 0 fully saturated rings. The molecule has 0 aliphatic carbocycles. The maximum absolute atomic E-state index is 13.1. The summed E-state index contributed by atoms with van der Waals surface area (Å²) in [6.07, 6.45) is 12.3. The number of aromatic nitrogens is 4. The van der Waals surface area contributed by atoms with Crippen LogP contribution in [0.3, 0.4) is 0 Å². The van der Waals surface area contributed by atoms with Gasteiger partial charge in [-0.05, 0) is 144 Å². The molecule has 0 radical (unpaired) electrons. The topological polar surface area (TPSA) is 153 Å². The summed E-state index contributed by atoms with van der Waals surface area (Å²) in [6.45, 7) is 14.9. The highest BCUT2D eigenvalue weighted by Gasteiger charge is 2.44. The number of aromatic hydroxyl groups is 2. The van der Waals surface area contributed by atoms with Crippen molar-refractivity contribution in [1.82, 2.24) is 19.1 Å². The minimum atomic E-state index is -1.03. The molecule has 0 spiro atoms. The van der Waals surface area contributed by atoms with Crippen molar-refractivity contribution in [2.75, 3.05) is 10.6 Å². The van der Waals surface area contributed by atoms with Gasteiger partial charge >= 0.3 is 0 Å². The average Bonchev–Trinajstić information content (AvgIpc) is 4.02. The average molecular weight is 769 g/mol. The number of nitrogens with one attached hydrogen (secondary N) is 2. The highest BCUT2D eigenvalue weighted by molar-refractivity contribution is 5.99. The molecule has 0 saturated heterocycles. The number of phenols is 2. The Bertz CT molecular complexity index is 2440. The van der Waals surface area contributed by atoms with E-state index in [1.807, 2.05) is 119 Å². The third kappa shape index (κ3) is 7.19. The number of carbonyl (C=O) groups excluding carboxylic acids is 2. The van der Waals surface area contributed by atoms with Crippen LogP contribution in [0.25, 0.3) is 11.4 Å². The second kappa shape index (κ2) is 14.8. The van der Waals surface area contributed by atoms with Crippen molar-refractivity contribution in [3.63, 3.8) is 0 Å². The zero-order valence-corrected chi connectivity index (χ0v) is 33.5. The molecule has 4 aromatic carbocycles. The Morgan fingerprint density at radius 2 is 1.04 bits per heavy atom. The lowest BCUT2D eigenvalue weighted by molar-refractivity contribution is -0.131. The second-order valence-corrected chi connectivity index (χ2v) is 15.3. The first-order valence-corrected chi connectivity index (χ1v) is 18.9. The second-order valence-electron chi connectivity index (χ2n) is 15.3. The molecule has 8 rings (SSSR count). The molecule has 294 valence electrons. The van der Waals surface area contributed by atoms with Crippen molar-refractivity contribution in [3.8, 4) is 34.4 Å². The molecule has 2 aliphatic heterocycles. The lowest BCUT2D eigenvalue weighted by atomic mass is 9.86. The smallest absolute Gasteiger partial charge is 0.268 e. The van der Waals surface area contributed by atoms with Gasteiger partial charge in [-0.15, -0.1) is 0 Å². The van der Waals surface area contributed by atoms with Crippen molar-refractivity contribution >= 4 is 23.2 Å². The molecular formula is C45H48N6O6. The van der Waals surface area contributed by atoms with Crippen molar-refractivity contribution in [2.45, 2.75) is 85.9 Å². The molecule has 57 heavy (non-hydrogen) atoms. The fraction of sp³-hybridized carbons (Fsp3) is 0.289. The van der Waals surface area contributed by atoms with Crippen molar-refractivity contribution in [2.24, 2.45) is 0 Å². The van der Waals surface area contributed by atoms with Crippen LogP contribution in [0.4, 0.5) is 11.4 Å². The molecule has 6 aromatic rings. The Morgan fingerprint density at radius 1 is 0.614 bits per heavy atom. The molecule has 2 atom stereocenters. The third-order valence-electron chi connectivity index (χ3n) is 11.5. The van der Waals surface area contributed by atoms with E-state index in [2.05, 4.69) is 20.6 Å². The fourth-order valence-electron chi connectivity index (χ4n) is 7.44. The van der Waals surface area contributed by atoms with E-state index in [1.54, 1.807) is 32.0 Å². The minimum absolute atomic E-state index is 0.179. The molecule has 2 aliphatic rings. The van der Waals surface area contributed by atoms with Gasteiger partial charge in [0.25, 0.3) is 11.8 Å². The predicted octanol–water partition coefficient (Wildman–Crippen LogP) is 8.06. The number of imidazole rings is 2. The number of rotatable bonds is 6. The monoisotopic (exact) mass is 768 g/mol. The molecule has 4 heterocycles. The summed E-state index contributed by atoms with van der Waals surface area (Å²) in [6, 6.07) is 15.1. The molecule has 12 nitrogen and oxygen atoms in total. The van der Waals surface area contributed by atoms with E-state index in [-0.39, 0.29) is 17.6 Å². The number of amides is 2. The van der Waals surface area contributed by atoms with Gasteiger partial charge in [0.05, 0.1) is 12.7 Å². The van der Waals surface area contributed by atoms with Crippen LogP contribution in [0.1, 0.15) is 64.8 Å². The van der Waals surface area contributed by atoms with Gasteiger partial charge in [0.2, 0.25) is 0 Å². The Labute approximate surface area is 332 Å². The number of phenolic OH excluding ortho intramolecular Hbond substituents is 2. The molecular weight excluding hydrogens is 721 g/mol. The molecule has 2 amide bonds. The quantitative estimate of drug-likeness (QED) is 0.133. The summed E-state index contributed by atoms with van der Waals surface area (Å²) in [7, 11) is 0. The van der Waals surface area contributed by atoms with Crippen LogP contribution in [-0.2, 0) is 22.4 Å². The number of anilines is 2. The molecule has 4 N–H and O–H groups in total. The van der Waals surface area contributed by atoms with Gasteiger partial charge in [0, 0.05) is 71.5 Å². The van der Waals surface area contributed by atoms with Crippen LogP contribution in [0.5, 0.6) is 23.0 Å². The number of fused-ring (bicyclic) bond motifs is 2. The Morgan fingerprint density at radius 3 is 1.49 bits per heavy atom. The SMILES string of the molecule is Cc1c(C)c2c(c(C)c1O)CC(C)(C(=O)Nc1ccc(-n3ccnc3)cc1)O2.Cc1c(C)c2c(c(C)c1O)CCC(C)(C(=O)Nc1ccc(-n3ccnc3)cc1)O2. The van der Waals surface area contributed by atoms with Gasteiger partial charge in [-0.25, -0.2) is 9.97 Å². The number of benzene rings is 4. The maximum Gasteiger partial charge on any atom is 0.268 e.